The van der Waals surface area contributed by atoms with E-state index in [1.807, 2.05) is 24.3 Å². The maximum Gasteiger partial charge on any atom is 0.153 e. The van der Waals surface area contributed by atoms with E-state index >= 15 is 0 Å². The van der Waals surface area contributed by atoms with Crippen LogP contribution in [0.15, 0.2) is 30.5 Å². The fraction of sp³-hybridized carbons (Fsp3) is 0.333. The van der Waals surface area contributed by atoms with Crippen LogP contribution in [0.5, 0.6) is 0 Å². The van der Waals surface area contributed by atoms with Crippen molar-refractivity contribution in [2.75, 3.05) is 0 Å². The van der Waals surface area contributed by atoms with E-state index in [9.17, 15) is 4.79 Å². The third kappa shape index (κ3) is 3.24. The van der Waals surface area contributed by atoms with Crippen molar-refractivity contribution in [3.8, 4) is 0 Å². The largest absolute Gasteiger partial charge is 0.298 e. The average Bonchev–Trinajstić information content (AvgIpc) is 2.75. The number of rotatable bonds is 3. The Kier molecular flexibility index (Phi) is 3.76. The molecule has 0 saturated heterocycles. The van der Waals surface area contributed by atoms with Crippen LogP contribution < -0.4 is 0 Å². The minimum Gasteiger partial charge on any atom is -0.298 e. The molecular weight excluding hydrogens is 260 g/mol. The number of benzene rings is 1. The summed E-state index contributed by atoms with van der Waals surface area (Å²) in [5, 5.41) is 5.24. The Balaban J connectivity index is 2.29. The zero-order valence-corrected chi connectivity index (χ0v) is 12.1. The second-order valence-electron chi connectivity index (χ2n) is 5.62. The molecule has 1 aromatic heterocycles. The minimum absolute atomic E-state index is 0.137. The zero-order valence-electron chi connectivity index (χ0n) is 11.4. The number of carbonyl (C=O) groups is 1. The molecule has 1 heterocycles. The van der Waals surface area contributed by atoms with Gasteiger partial charge in [0.1, 0.15) is 0 Å². The van der Waals surface area contributed by atoms with Gasteiger partial charge < -0.3 is 0 Å². The van der Waals surface area contributed by atoms with Crippen molar-refractivity contribution >= 4 is 17.9 Å². The SMILES string of the molecule is CC(C)(C)c1nn(Cc2ccc(Cl)cc2)cc1C=O. The summed E-state index contributed by atoms with van der Waals surface area (Å²) in [6.45, 7) is 6.78. The van der Waals surface area contributed by atoms with Crippen molar-refractivity contribution in [1.82, 2.24) is 9.78 Å². The van der Waals surface area contributed by atoms with Gasteiger partial charge >= 0.3 is 0 Å². The van der Waals surface area contributed by atoms with Crippen LogP contribution in [0.2, 0.25) is 5.02 Å². The summed E-state index contributed by atoms with van der Waals surface area (Å²) < 4.78 is 1.80. The van der Waals surface area contributed by atoms with Gasteiger partial charge in [0.05, 0.1) is 17.8 Å². The molecule has 2 rings (SSSR count). The highest BCUT2D eigenvalue weighted by Crippen LogP contribution is 2.23. The highest BCUT2D eigenvalue weighted by molar-refractivity contribution is 6.30. The molecule has 100 valence electrons. The fourth-order valence-electron chi connectivity index (χ4n) is 1.96. The lowest BCUT2D eigenvalue weighted by atomic mass is 9.90. The van der Waals surface area contributed by atoms with Crippen molar-refractivity contribution in [2.45, 2.75) is 32.7 Å². The molecule has 0 radical (unpaired) electrons. The van der Waals surface area contributed by atoms with Crippen LogP contribution in [0.4, 0.5) is 0 Å². The quantitative estimate of drug-likeness (QED) is 0.801. The summed E-state index contributed by atoms with van der Waals surface area (Å²) >= 11 is 5.86. The molecule has 0 unspecified atom stereocenters. The molecule has 0 bridgehead atoms. The van der Waals surface area contributed by atoms with Gasteiger partial charge in [-0.1, -0.05) is 44.5 Å². The van der Waals surface area contributed by atoms with E-state index in [1.54, 1.807) is 10.9 Å². The Labute approximate surface area is 118 Å². The van der Waals surface area contributed by atoms with Crippen molar-refractivity contribution < 1.29 is 4.79 Å². The lowest BCUT2D eigenvalue weighted by Gasteiger charge is -2.15. The molecule has 0 atom stereocenters. The molecule has 0 amide bonds. The molecule has 19 heavy (non-hydrogen) atoms. The van der Waals surface area contributed by atoms with Gasteiger partial charge in [-0.2, -0.15) is 5.10 Å². The number of hydrogen-bond donors (Lipinski definition) is 0. The highest BCUT2D eigenvalue weighted by Gasteiger charge is 2.22. The van der Waals surface area contributed by atoms with Crippen molar-refractivity contribution in [2.24, 2.45) is 0 Å². The fourth-order valence-corrected chi connectivity index (χ4v) is 2.09. The molecule has 0 aliphatic carbocycles. The second-order valence-corrected chi connectivity index (χ2v) is 6.06. The average molecular weight is 277 g/mol. The van der Waals surface area contributed by atoms with Gasteiger partial charge in [-0.15, -0.1) is 0 Å². The van der Waals surface area contributed by atoms with Crippen LogP contribution >= 0.6 is 11.6 Å². The van der Waals surface area contributed by atoms with Crippen LogP contribution in [0.3, 0.4) is 0 Å². The molecule has 0 N–H and O–H groups in total. The summed E-state index contributed by atoms with van der Waals surface area (Å²) in [4.78, 5) is 11.1. The molecule has 3 nitrogen and oxygen atoms in total. The molecule has 0 fully saturated rings. The zero-order chi connectivity index (χ0) is 14.0. The number of halogens is 1. The molecule has 0 aliphatic heterocycles. The Hall–Kier alpha value is -1.61. The molecule has 0 spiro atoms. The van der Waals surface area contributed by atoms with Crippen LogP contribution in [-0.2, 0) is 12.0 Å². The summed E-state index contributed by atoms with van der Waals surface area (Å²) in [6.07, 6.45) is 2.66. The number of aldehydes is 1. The predicted molar refractivity (Wildman–Crippen MR) is 76.9 cm³/mol. The smallest absolute Gasteiger partial charge is 0.153 e. The van der Waals surface area contributed by atoms with Crippen LogP contribution in [0.25, 0.3) is 0 Å². The van der Waals surface area contributed by atoms with E-state index in [-0.39, 0.29) is 5.41 Å². The Bertz CT molecular complexity index is 579. The number of nitrogens with zero attached hydrogens (tertiary/aromatic N) is 2. The normalized spacial score (nSPS) is 11.6. The van der Waals surface area contributed by atoms with E-state index in [1.165, 1.54) is 0 Å². The molecule has 0 saturated carbocycles. The standard InChI is InChI=1S/C15H17ClN2O/c1-15(2,3)14-12(10-19)9-18(17-14)8-11-4-6-13(16)7-5-11/h4-7,9-10H,8H2,1-3H3. The molecule has 2 aromatic rings. The maximum atomic E-state index is 11.1. The van der Waals surface area contributed by atoms with Crippen LogP contribution in [-0.4, -0.2) is 16.1 Å². The maximum absolute atomic E-state index is 11.1. The Morgan fingerprint density at radius 1 is 1.26 bits per heavy atom. The van der Waals surface area contributed by atoms with E-state index in [4.69, 9.17) is 11.6 Å². The van der Waals surface area contributed by atoms with E-state index in [0.717, 1.165) is 17.5 Å². The van der Waals surface area contributed by atoms with Gasteiger partial charge in [0.15, 0.2) is 6.29 Å². The second kappa shape index (κ2) is 5.17. The van der Waals surface area contributed by atoms with Gasteiger partial charge in [-0.25, -0.2) is 0 Å². The summed E-state index contributed by atoms with van der Waals surface area (Å²) in [5.74, 6) is 0. The van der Waals surface area contributed by atoms with Crippen molar-refractivity contribution in [3.05, 3.63) is 52.3 Å². The topological polar surface area (TPSA) is 34.9 Å². The molecule has 1 aromatic carbocycles. The summed E-state index contributed by atoms with van der Waals surface area (Å²) in [7, 11) is 0. The number of aromatic nitrogens is 2. The highest BCUT2D eigenvalue weighted by atomic mass is 35.5. The number of hydrogen-bond acceptors (Lipinski definition) is 2. The summed E-state index contributed by atoms with van der Waals surface area (Å²) in [6, 6.07) is 7.63. The summed E-state index contributed by atoms with van der Waals surface area (Å²) in [5.41, 5.74) is 2.45. The van der Waals surface area contributed by atoms with E-state index in [2.05, 4.69) is 25.9 Å². The Morgan fingerprint density at radius 3 is 2.37 bits per heavy atom. The van der Waals surface area contributed by atoms with Crippen LogP contribution in [0, 0.1) is 0 Å². The monoisotopic (exact) mass is 276 g/mol. The first-order valence-electron chi connectivity index (χ1n) is 6.17. The van der Waals surface area contributed by atoms with Crippen LogP contribution in [0.1, 0.15) is 42.4 Å². The predicted octanol–water partition coefficient (Wildman–Crippen LogP) is 3.69. The first kappa shape index (κ1) is 13.8. The lowest BCUT2D eigenvalue weighted by molar-refractivity contribution is 0.112. The van der Waals surface area contributed by atoms with Gasteiger partial charge in [0.25, 0.3) is 0 Å². The lowest BCUT2D eigenvalue weighted by Crippen LogP contribution is -2.15. The third-order valence-corrected chi connectivity index (χ3v) is 3.14. The van der Waals surface area contributed by atoms with E-state index in [0.29, 0.717) is 17.1 Å². The third-order valence-electron chi connectivity index (χ3n) is 2.89. The van der Waals surface area contributed by atoms with Gasteiger partial charge in [-0.05, 0) is 17.7 Å². The first-order chi connectivity index (χ1) is 8.90. The van der Waals surface area contributed by atoms with Crippen molar-refractivity contribution in [3.63, 3.8) is 0 Å². The number of carbonyl (C=O) groups excluding carboxylic acids is 1. The van der Waals surface area contributed by atoms with E-state index < -0.39 is 0 Å². The molecular formula is C15H17ClN2O. The van der Waals surface area contributed by atoms with Gasteiger partial charge in [0.2, 0.25) is 0 Å². The molecule has 0 aliphatic rings. The van der Waals surface area contributed by atoms with Gasteiger partial charge in [0, 0.05) is 16.6 Å². The molecule has 4 heteroatoms. The van der Waals surface area contributed by atoms with Crippen molar-refractivity contribution in [1.29, 1.82) is 0 Å². The first-order valence-corrected chi connectivity index (χ1v) is 6.55. The minimum atomic E-state index is -0.137. The Morgan fingerprint density at radius 2 is 1.89 bits per heavy atom. The van der Waals surface area contributed by atoms with Gasteiger partial charge in [-0.3, -0.25) is 9.48 Å².